The standard InChI is InChI=1S/C11H10ClN3O4S/c12-9-4-3-8(15(16)17)5-11(9)20(18,19)14-10(6-13)7-1-2-7/h3-5,7,10,14H,1-2H2. The first-order valence-electron chi connectivity index (χ1n) is 5.71. The Labute approximate surface area is 120 Å². The van der Waals surface area contributed by atoms with Crippen molar-refractivity contribution in [3.63, 3.8) is 0 Å². The summed E-state index contributed by atoms with van der Waals surface area (Å²) < 4.78 is 26.6. The highest BCUT2D eigenvalue weighted by atomic mass is 35.5. The molecule has 1 aromatic carbocycles. The summed E-state index contributed by atoms with van der Waals surface area (Å²) in [7, 11) is -4.07. The van der Waals surface area contributed by atoms with Gasteiger partial charge in [0.2, 0.25) is 10.0 Å². The third-order valence-corrected chi connectivity index (χ3v) is 4.85. The van der Waals surface area contributed by atoms with Crippen molar-refractivity contribution in [3.8, 4) is 6.07 Å². The Bertz CT molecular complexity index is 694. The van der Waals surface area contributed by atoms with Crippen molar-refractivity contribution in [2.75, 3.05) is 0 Å². The summed E-state index contributed by atoms with van der Waals surface area (Å²) in [6.45, 7) is 0. The number of nitro groups is 1. The van der Waals surface area contributed by atoms with Crippen LogP contribution in [-0.4, -0.2) is 19.4 Å². The monoisotopic (exact) mass is 315 g/mol. The molecular formula is C11H10ClN3O4S. The molecule has 0 bridgehead atoms. The number of rotatable bonds is 5. The summed E-state index contributed by atoms with van der Waals surface area (Å²) in [5.74, 6) is -0.00718. The van der Waals surface area contributed by atoms with Gasteiger partial charge in [-0.05, 0) is 24.8 Å². The van der Waals surface area contributed by atoms with Gasteiger partial charge in [-0.2, -0.15) is 9.98 Å². The van der Waals surface area contributed by atoms with Crippen molar-refractivity contribution in [2.24, 2.45) is 5.92 Å². The molecule has 1 N–H and O–H groups in total. The number of halogens is 1. The minimum absolute atomic E-state index is 0.00718. The van der Waals surface area contributed by atoms with Crippen molar-refractivity contribution in [1.82, 2.24) is 4.72 Å². The van der Waals surface area contributed by atoms with Crippen molar-refractivity contribution in [2.45, 2.75) is 23.8 Å². The smallest absolute Gasteiger partial charge is 0.258 e. The second-order valence-corrected chi connectivity index (χ2v) is 6.53. The molecule has 2 rings (SSSR count). The fraction of sp³-hybridized carbons (Fsp3) is 0.364. The number of nitro benzene ring substituents is 1. The molecule has 0 aromatic heterocycles. The molecular weight excluding hydrogens is 306 g/mol. The molecule has 7 nitrogen and oxygen atoms in total. The number of sulfonamides is 1. The highest BCUT2D eigenvalue weighted by Gasteiger charge is 2.35. The van der Waals surface area contributed by atoms with Gasteiger partial charge in [0.15, 0.2) is 0 Å². The molecule has 1 saturated carbocycles. The molecule has 1 fully saturated rings. The topological polar surface area (TPSA) is 113 Å². The summed E-state index contributed by atoms with van der Waals surface area (Å²) in [6.07, 6.45) is 1.56. The maximum absolute atomic E-state index is 12.2. The molecule has 0 saturated heterocycles. The molecule has 1 aromatic rings. The number of nitriles is 1. The van der Waals surface area contributed by atoms with E-state index < -0.39 is 25.9 Å². The summed E-state index contributed by atoms with van der Waals surface area (Å²) in [5.41, 5.74) is -0.380. The summed E-state index contributed by atoms with van der Waals surface area (Å²) in [6, 6.07) is 4.18. The minimum Gasteiger partial charge on any atom is -0.258 e. The van der Waals surface area contributed by atoms with Crippen LogP contribution in [0.4, 0.5) is 5.69 Å². The molecule has 1 unspecified atom stereocenters. The molecule has 106 valence electrons. The second-order valence-electron chi connectivity index (χ2n) is 4.44. The lowest BCUT2D eigenvalue weighted by molar-refractivity contribution is -0.385. The molecule has 0 radical (unpaired) electrons. The molecule has 9 heteroatoms. The van der Waals surface area contributed by atoms with Crippen LogP contribution in [0.5, 0.6) is 0 Å². The molecule has 0 heterocycles. The predicted octanol–water partition coefficient (Wildman–Crippen LogP) is 1.83. The van der Waals surface area contributed by atoms with E-state index in [0.717, 1.165) is 31.0 Å². The van der Waals surface area contributed by atoms with Crippen LogP contribution < -0.4 is 4.72 Å². The Morgan fingerprint density at radius 2 is 2.15 bits per heavy atom. The molecule has 1 aliphatic carbocycles. The summed E-state index contributed by atoms with van der Waals surface area (Å²) in [4.78, 5) is 9.58. The van der Waals surface area contributed by atoms with Gasteiger partial charge in [-0.3, -0.25) is 10.1 Å². The van der Waals surface area contributed by atoms with Crippen molar-refractivity contribution >= 4 is 27.3 Å². The van der Waals surface area contributed by atoms with Gasteiger partial charge in [0, 0.05) is 12.1 Å². The van der Waals surface area contributed by atoms with Gasteiger partial charge in [-0.25, -0.2) is 8.42 Å². The van der Waals surface area contributed by atoms with Gasteiger partial charge in [0.25, 0.3) is 5.69 Å². The van der Waals surface area contributed by atoms with Crippen molar-refractivity contribution < 1.29 is 13.3 Å². The number of nitrogens with zero attached hydrogens (tertiary/aromatic N) is 2. The van der Waals surface area contributed by atoms with Crippen LogP contribution in [0, 0.1) is 27.4 Å². The summed E-state index contributed by atoms with van der Waals surface area (Å²) in [5, 5.41) is 19.5. The van der Waals surface area contributed by atoms with E-state index in [9.17, 15) is 18.5 Å². The lowest BCUT2D eigenvalue weighted by Gasteiger charge is -2.12. The van der Waals surface area contributed by atoms with Crippen molar-refractivity contribution in [3.05, 3.63) is 33.3 Å². The van der Waals surface area contributed by atoms with Gasteiger partial charge >= 0.3 is 0 Å². The van der Waals surface area contributed by atoms with Crippen LogP contribution in [0.3, 0.4) is 0 Å². The lowest BCUT2D eigenvalue weighted by Crippen LogP contribution is -2.35. The Balaban J connectivity index is 2.35. The third-order valence-electron chi connectivity index (χ3n) is 2.93. The molecule has 20 heavy (non-hydrogen) atoms. The zero-order valence-corrected chi connectivity index (χ0v) is 11.7. The molecule has 1 aliphatic rings. The lowest BCUT2D eigenvalue weighted by atomic mass is 10.2. The molecule has 0 aliphatic heterocycles. The van der Waals surface area contributed by atoms with Crippen LogP contribution in [0.15, 0.2) is 23.1 Å². The predicted molar refractivity (Wildman–Crippen MR) is 70.6 cm³/mol. The third kappa shape index (κ3) is 3.07. The number of benzene rings is 1. The van der Waals surface area contributed by atoms with Crippen molar-refractivity contribution in [1.29, 1.82) is 5.26 Å². The fourth-order valence-electron chi connectivity index (χ4n) is 1.70. The maximum atomic E-state index is 12.2. The summed E-state index contributed by atoms with van der Waals surface area (Å²) >= 11 is 5.78. The van der Waals surface area contributed by atoms with E-state index in [1.165, 1.54) is 0 Å². The van der Waals surface area contributed by atoms with E-state index in [4.69, 9.17) is 16.9 Å². The Hall–Kier alpha value is -1.69. The minimum atomic E-state index is -4.07. The Morgan fingerprint density at radius 3 is 2.65 bits per heavy atom. The van der Waals surface area contributed by atoms with Crippen LogP contribution in [0.2, 0.25) is 5.02 Å². The van der Waals surface area contributed by atoms with E-state index in [-0.39, 0.29) is 16.6 Å². The molecule has 0 spiro atoms. The number of hydrogen-bond donors (Lipinski definition) is 1. The average molecular weight is 316 g/mol. The zero-order chi connectivity index (χ0) is 14.9. The van der Waals surface area contributed by atoms with Gasteiger partial charge in [0.05, 0.1) is 16.0 Å². The average Bonchev–Trinajstić information content (AvgIpc) is 3.20. The van der Waals surface area contributed by atoms with Crippen LogP contribution in [0.1, 0.15) is 12.8 Å². The van der Waals surface area contributed by atoms with Crippen LogP contribution in [0.25, 0.3) is 0 Å². The first-order chi connectivity index (χ1) is 9.35. The highest BCUT2D eigenvalue weighted by Crippen LogP contribution is 2.34. The van der Waals surface area contributed by atoms with Gasteiger partial charge in [-0.15, -0.1) is 0 Å². The van der Waals surface area contributed by atoms with Crippen LogP contribution >= 0.6 is 11.6 Å². The number of nitrogens with one attached hydrogen (secondary N) is 1. The quantitative estimate of drug-likeness (QED) is 0.657. The van der Waals surface area contributed by atoms with E-state index in [1.54, 1.807) is 0 Å². The SMILES string of the molecule is N#CC(NS(=O)(=O)c1cc([N+](=O)[O-])ccc1Cl)C1CC1. The van der Waals surface area contributed by atoms with E-state index in [0.29, 0.717) is 0 Å². The highest BCUT2D eigenvalue weighted by molar-refractivity contribution is 7.89. The molecule has 1 atom stereocenters. The zero-order valence-electron chi connectivity index (χ0n) is 10.1. The second kappa shape index (κ2) is 5.36. The maximum Gasteiger partial charge on any atom is 0.270 e. The number of non-ortho nitro benzene ring substituents is 1. The Morgan fingerprint density at radius 1 is 1.50 bits per heavy atom. The van der Waals surface area contributed by atoms with Gasteiger partial charge < -0.3 is 0 Å². The van der Waals surface area contributed by atoms with E-state index >= 15 is 0 Å². The normalized spacial score (nSPS) is 16.4. The first-order valence-corrected chi connectivity index (χ1v) is 7.57. The number of hydrogen-bond acceptors (Lipinski definition) is 5. The molecule has 0 amide bonds. The fourth-order valence-corrected chi connectivity index (χ4v) is 3.43. The van der Waals surface area contributed by atoms with Gasteiger partial charge in [-0.1, -0.05) is 11.6 Å². The largest absolute Gasteiger partial charge is 0.270 e. The van der Waals surface area contributed by atoms with E-state index in [1.807, 2.05) is 6.07 Å². The Kier molecular flexibility index (Phi) is 3.94. The van der Waals surface area contributed by atoms with E-state index in [2.05, 4.69) is 4.72 Å². The van der Waals surface area contributed by atoms with Crippen LogP contribution in [-0.2, 0) is 10.0 Å². The van der Waals surface area contributed by atoms with Gasteiger partial charge in [0.1, 0.15) is 10.9 Å². The first kappa shape index (κ1) is 14.7.